The van der Waals surface area contributed by atoms with Crippen molar-refractivity contribution < 1.29 is 20.1 Å². The molecule has 78 valence electrons. The number of aliphatic hydroxyl groups excluding tert-OH is 1. The van der Waals surface area contributed by atoms with E-state index in [4.69, 9.17) is 15.3 Å². The van der Waals surface area contributed by atoms with E-state index in [2.05, 4.69) is 0 Å². The molecule has 14 heavy (non-hydrogen) atoms. The molecule has 0 aliphatic rings. The first-order valence-corrected chi connectivity index (χ1v) is 4.14. The van der Waals surface area contributed by atoms with E-state index in [1.807, 2.05) is 0 Å². The van der Waals surface area contributed by atoms with Crippen molar-refractivity contribution in [1.29, 1.82) is 0 Å². The maximum absolute atomic E-state index is 10.3. The third kappa shape index (κ3) is 5.16. The van der Waals surface area contributed by atoms with Crippen molar-refractivity contribution in [2.75, 3.05) is 0 Å². The summed E-state index contributed by atoms with van der Waals surface area (Å²) in [5.41, 5.74) is -0.0671. The predicted octanol–water partition coefficient (Wildman–Crippen LogP) is 1.48. The van der Waals surface area contributed by atoms with Crippen molar-refractivity contribution in [3.8, 4) is 5.75 Å². The minimum atomic E-state index is -1.11. The summed E-state index contributed by atoms with van der Waals surface area (Å²) in [5.74, 6) is -1.31. The number of benzene rings is 1. The van der Waals surface area contributed by atoms with Gasteiger partial charge in [-0.1, -0.05) is 12.1 Å². The molecule has 0 aliphatic carbocycles. The van der Waals surface area contributed by atoms with Crippen LogP contribution in [0.3, 0.4) is 0 Å². The van der Waals surface area contributed by atoms with Gasteiger partial charge in [0.1, 0.15) is 11.3 Å². The molecule has 0 unspecified atom stereocenters. The number of carboxylic acids is 1. The average Bonchev–Trinajstić information content (AvgIpc) is 2.03. The lowest BCUT2D eigenvalue weighted by atomic mass is 10.2. The maximum Gasteiger partial charge on any atom is 0.339 e. The summed E-state index contributed by atoms with van der Waals surface area (Å²) in [6, 6.07) is 5.81. The smallest absolute Gasteiger partial charge is 0.339 e. The van der Waals surface area contributed by atoms with Gasteiger partial charge in [-0.05, 0) is 26.0 Å². The molecule has 3 N–H and O–H groups in total. The van der Waals surface area contributed by atoms with Gasteiger partial charge in [0.05, 0.1) is 0 Å². The van der Waals surface area contributed by atoms with Crippen LogP contribution in [0.1, 0.15) is 24.2 Å². The summed E-state index contributed by atoms with van der Waals surface area (Å²) < 4.78 is 0. The number of phenols is 1. The topological polar surface area (TPSA) is 77.8 Å². The van der Waals surface area contributed by atoms with Gasteiger partial charge >= 0.3 is 5.97 Å². The fourth-order valence-corrected chi connectivity index (χ4v) is 0.654. The first-order chi connectivity index (χ1) is 6.45. The van der Waals surface area contributed by atoms with Crippen LogP contribution in [0.2, 0.25) is 0 Å². The summed E-state index contributed by atoms with van der Waals surface area (Å²) in [7, 11) is 0. The van der Waals surface area contributed by atoms with Gasteiger partial charge in [-0.25, -0.2) is 4.79 Å². The van der Waals surface area contributed by atoms with Gasteiger partial charge in [0.25, 0.3) is 0 Å². The lowest BCUT2D eigenvalue weighted by molar-refractivity contribution is 0.0693. The zero-order valence-electron chi connectivity index (χ0n) is 8.14. The molecule has 4 heteroatoms. The highest BCUT2D eigenvalue weighted by Crippen LogP contribution is 2.14. The number of hydrogen-bond donors (Lipinski definition) is 3. The minimum absolute atomic E-state index is 0.0671. The van der Waals surface area contributed by atoms with E-state index in [1.165, 1.54) is 12.1 Å². The second kappa shape index (κ2) is 5.99. The molecule has 0 bridgehead atoms. The SMILES string of the molecule is CC(C)O.O=C(O)c1ccccc1O. The Labute approximate surface area is 82.4 Å². The zero-order valence-corrected chi connectivity index (χ0v) is 8.14. The Morgan fingerprint density at radius 2 is 1.71 bits per heavy atom. The highest BCUT2D eigenvalue weighted by atomic mass is 16.4. The van der Waals surface area contributed by atoms with Crippen LogP contribution in [-0.4, -0.2) is 27.4 Å². The maximum atomic E-state index is 10.3. The van der Waals surface area contributed by atoms with Gasteiger partial charge in [-0.15, -0.1) is 0 Å². The van der Waals surface area contributed by atoms with Crippen molar-refractivity contribution in [2.24, 2.45) is 0 Å². The third-order valence-electron chi connectivity index (χ3n) is 1.13. The Kier molecular flexibility index (Phi) is 5.33. The van der Waals surface area contributed by atoms with Crippen molar-refractivity contribution in [1.82, 2.24) is 0 Å². The molecule has 4 nitrogen and oxygen atoms in total. The number of aromatic hydroxyl groups is 1. The minimum Gasteiger partial charge on any atom is -0.507 e. The van der Waals surface area contributed by atoms with Crippen LogP contribution in [0.25, 0.3) is 0 Å². The fraction of sp³-hybridized carbons (Fsp3) is 0.300. The summed E-state index contributed by atoms with van der Waals surface area (Å²) in [4.78, 5) is 10.3. The number of rotatable bonds is 1. The van der Waals surface area contributed by atoms with E-state index in [0.29, 0.717) is 0 Å². The number of carbonyl (C=O) groups is 1. The molecule has 0 amide bonds. The second-order valence-corrected chi connectivity index (χ2v) is 2.92. The van der Waals surface area contributed by atoms with E-state index in [0.717, 1.165) is 0 Å². The molecule has 0 fully saturated rings. The largest absolute Gasteiger partial charge is 0.507 e. The Balaban J connectivity index is 0.000000364. The van der Waals surface area contributed by atoms with Gasteiger partial charge < -0.3 is 15.3 Å². The van der Waals surface area contributed by atoms with Crippen molar-refractivity contribution >= 4 is 5.97 Å². The normalized spacial score (nSPS) is 9.14. The first-order valence-electron chi connectivity index (χ1n) is 4.14. The van der Waals surface area contributed by atoms with Gasteiger partial charge in [0.2, 0.25) is 0 Å². The van der Waals surface area contributed by atoms with Crippen LogP contribution >= 0.6 is 0 Å². The quantitative estimate of drug-likeness (QED) is 0.638. The van der Waals surface area contributed by atoms with Crippen LogP contribution in [0.4, 0.5) is 0 Å². The molecule has 0 radical (unpaired) electrons. The third-order valence-corrected chi connectivity index (χ3v) is 1.13. The molecule has 1 aromatic rings. The number of hydrogen-bond acceptors (Lipinski definition) is 3. The van der Waals surface area contributed by atoms with Gasteiger partial charge in [-0.3, -0.25) is 0 Å². The Morgan fingerprint density at radius 1 is 1.29 bits per heavy atom. The van der Waals surface area contributed by atoms with E-state index in [1.54, 1.807) is 26.0 Å². The Bertz CT molecular complexity index is 291. The molecule has 0 saturated heterocycles. The molecule has 1 aromatic carbocycles. The number of para-hydroxylation sites is 1. The summed E-state index contributed by atoms with van der Waals surface area (Å²) in [5, 5.41) is 25.4. The molecule has 0 aromatic heterocycles. The Hall–Kier alpha value is -1.55. The number of aromatic carboxylic acids is 1. The van der Waals surface area contributed by atoms with Crippen LogP contribution in [-0.2, 0) is 0 Å². The number of aliphatic hydroxyl groups is 1. The zero-order chi connectivity index (χ0) is 11.1. The lowest BCUT2D eigenvalue weighted by Gasteiger charge is -1.95. The summed E-state index contributed by atoms with van der Waals surface area (Å²) >= 11 is 0. The highest BCUT2D eigenvalue weighted by Gasteiger charge is 2.05. The highest BCUT2D eigenvalue weighted by molar-refractivity contribution is 5.90. The first kappa shape index (κ1) is 12.4. The van der Waals surface area contributed by atoms with Crippen LogP contribution < -0.4 is 0 Å². The van der Waals surface area contributed by atoms with Crippen molar-refractivity contribution in [2.45, 2.75) is 20.0 Å². The molecule has 1 rings (SSSR count). The summed E-state index contributed by atoms with van der Waals surface area (Å²) in [6.45, 7) is 3.44. The molecule has 0 atom stereocenters. The van der Waals surface area contributed by atoms with Gasteiger partial charge in [-0.2, -0.15) is 0 Å². The van der Waals surface area contributed by atoms with E-state index in [9.17, 15) is 4.79 Å². The second-order valence-electron chi connectivity index (χ2n) is 2.92. The fourth-order valence-electron chi connectivity index (χ4n) is 0.654. The molecular formula is C10H14O4. The predicted molar refractivity (Wildman–Crippen MR) is 52.4 cm³/mol. The molecule has 0 heterocycles. The van der Waals surface area contributed by atoms with E-state index in [-0.39, 0.29) is 17.4 Å². The van der Waals surface area contributed by atoms with Gasteiger partial charge in [0, 0.05) is 6.10 Å². The lowest BCUT2D eigenvalue weighted by Crippen LogP contribution is -1.95. The van der Waals surface area contributed by atoms with Crippen LogP contribution in [0.5, 0.6) is 5.75 Å². The average molecular weight is 198 g/mol. The van der Waals surface area contributed by atoms with Crippen molar-refractivity contribution in [3.05, 3.63) is 29.8 Å². The van der Waals surface area contributed by atoms with E-state index < -0.39 is 5.97 Å². The Morgan fingerprint density at radius 3 is 2.00 bits per heavy atom. The van der Waals surface area contributed by atoms with Crippen molar-refractivity contribution in [3.63, 3.8) is 0 Å². The summed E-state index contributed by atoms with van der Waals surface area (Å²) in [6.07, 6.45) is -0.167. The number of carboxylic acid groups (broad SMARTS) is 1. The molecule has 0 saturated carbocycles. The van der Waals surface area contributed by atoms with E-state index >= 15 is 0 Å². The molecule has 0 aliphatic heterocycles. The van der Waals surface area contributed by atoms with Gasteiger partial charge in [0.15, 0.2) is 0 Å². The standard InChI is InChI=1S/C7H6O3.C3H8O/c8-6-4-2-1-3-5(6)7(9)10;1-3(2)4/h1-4,8H,(H,9,10);3-4H,1-2H3. The molecule has 0 spiro atoms. The van der Waals surface area contributed by atoms with Crippen LogP contribution in [0, 0.1) is 0 Å². The monoisotopic (exact) mass is 198 g/mol. The molecular weight excluding hydrogens is 184 g/mol. The van der Waals surface area contributed by atoms with Crippen LogP contribution in [0.15, 0.2) is 24.3 Å².